The first-order valence-corrected chi connectivity index (χ1v) is 24.7. The van der Waals surface area contributed by atoms with E-state index in [1.807, 2.05) is 62.4 Å². The van der Waals surface area contributed by atoms with Gasteiger partial charge in [0.25, 0.3) is 0 Å². The lowest BCUT2D eigenvalue weighted by molar-refractivity contribution is -0.134. The van der Waals surface area contributed by atoms with E-state index in [1.54, 1.807) is 117 Å². The number of benzene rings is 4. The summed E-state index contributed by atoms with van der Waals surface area (Å²) in [5.41, 5.74) is 3.73. The largest absolute Gasteiger partial charge is 0.424 e. The Balaban J connectivity index is 0.000000246. The molecule has 0 saturated carbocycles. The minimum absolute atomic E-state index is 0.170. The van der Waals surface area contributed by atoms with Crippen molar-refractivity contribution in [3.05, 3.63) is 183 Å². The number of halogens is 3. The van der Waals surface area contributed by atoms with Crippen molar-refractivity contribution in [1.29, 1.82) is 5.26 Å². The molecule has 370 valence electrons. The molecule has 0 radical (unpaired) electrons. The number of hydrogen-bond acceptors (Lipinski definition) is 12. The van der Waals surface area contributed by atoms with Gasteiger partial charge in [-0.15, -0.1) is 0 Å². The average molecular weight is 1030 g/mol. The number of fused-ring (bicyclic) bond motifs is 2. The highest BCUT2D eigenvalue weighted by Crippen LogP contribution is 2.45. The van der Waals surface area contributed by atoms with E-state index in [-0.39, 0.29) is 41.9 Å². The van der Waals surface area contributed by atoms with E-state index in [2.05, 4.69) is 50.2 Å². The second-order valence-electron chi connectivity index (χ2n) is 15.3. The predicted molar refractivity (Wildman–Crippen MR) is 287 cm³/mol. The van der Waals surface area contributed by atoms with Crippen LogP contribution in [0.4, 0.5) is 11.6 Å². The molecule has 0 bridgehead atoms. The van der Waals surface area contributed by atoms with Crippen molar-refractivity contribution in [2.75, 3.05) is 10.2 Å². The molecule has 4 aromatic carbocycles. The number of rotatable bonds is 13. The third-order valence-corrected chi connectivity index (χ3v) is 11.7. The zero-order valence-corrected chi connectivity index (χ0v) is 43.3. The maximum absolute atomic E-state index is 13.4. The normalized spacial score (nSPS) is 11.2. The van der Waals surface area contributed by atoms with Gasteiger partial charge in [0.1, 0.15) is 28.7 Å². The third-order valence-electron chi connectivity index (χ3n) is 10.4. The maximum Gasteiger partial charge on any atom is 0.310 e. The number of hydrogen-bond donors (Lipinski definition) is 1. The zero-order chi connectivity index (χ0) is 52.2. The standard InChI is InChI=1S/C27H23Cl2N3O3.C24H18ClN5O2.C3H8.C2H6/c1-3-22(33)32(21-12-5-6-15-30-21)26(18-10-7-11-20(28)24(18)29)19-14-13-17-9-8-16-31-25(17)27(19)35-23(34)4-2;1-2-20(31)32-24-18(9-8-15-6-4-10-29-22(15)24)23(30-19-14-27-11-12-28-19)17-7-3-5-16(13-26)21(17)25;1-3-2;1-2/h5-16,26H,3-4H2,1-2H3;3-12,14,23H,2H2,1H3,(H,28,30);3H2,1-2H3;1-2H3. The first kappa shape index (κ1) is 55.4. The molecule has 0 saturated heterocycles. The number of nitriles is 1. The highest BCUT2D eigenvalue weighted by molar-refractivity contribution is 6.42. The summed E-state index contributed by atoms with van der Waals surface area (Å²) in [4.78, 5) is 61.6. The van der Waals surface area contributed by atoms with Gasteiger partial charge in [-0.2, -0.15) is 5.26 Å². The van der Waals surface area contributed by atoms with E-state index in [1.165, 1.54) is 6.42 Å². The highest BCUT2D eigenvalue weighted by Gasteiger charge is 2.34. The molecular formula is C56H55Cl3N8O5. The lowest BCUT2D eigenvalue weighted by Crippen LogP contribution is -2.36. The van der Waals surface area contributed by atoms with Gasteiger partial charge in [-0.25, -0.2) is 9.97 Å². The predicted octanol–water partition coefficient (Wildman–Crippen LogP) is 14.3. The number of amides is 1. The summed E-state index contributed by atoms with van der Waals surface area (Å²) in [7, 11) is 0. The van der Waals surface area contributed by atoms with Crippen LogP contribution in [0.15, 0.2) is 140 Å². The van der Waals surface area contributed by atoms with Gasteiger partial charge in [0, 0.05) is 72.1 Å². The fourth-order valence-electron chi connectivity index (χ4n) is 7.25. The quantitative estimate of drug-likeness (QED) is 0.0856. The van der Waals surface area contributed by atoms with Gasteiger partial charge in [0.15, 0.2) is 11.5 Å². The molecule has 0 aliphatic heterocycles. The summed E-state index contributed by atoms with van der Waals surface area (Å²) < 4.78 is 11.6. The van der Waals surface area contributed by atoms with Crippen LogP contribution in [0.1, 0.15) is 114 Å². The molecule has 0 aliphatic carbocycles. The number of aromatic nitrogens is 5. The van der Waals surface area contributed by atoms with Crippen LogP contribution in [0, 0.1) is 11.3 Å². The van der Waals surface area contributed by atoms with Crippen molar-refractivity contribution in [1.82, 2.24) is 24.9 Å². The molecule has 72 heavy (non-hydrogen) atoms. The smallest absolute Gasteiger partial charge is 0.310 e. The molecule has 4 aromatic heterocycles. The minimum Gasteiger partial charge on any atom is -0.424 e. The molecule has 0 aliphatic rings. The van der Waals surface area contributed by atoms with Gasteiger partial charge in [0.2, 0.25) is 5.91 Å². The van der Waals surface area contributed by atoms with E-state index < -0.39 is 18.1 Å². The van der Waals surface area contributed by atoms with Gasteiger partial charge < -0.3 is 14.8 Å². The van der Waals surface area contributed by atoms with Gasteiger partial charge >= 0.3 is 11.9 Å². The van der Waals surface area contributed by atoms with E-state index in [9.17, 15) is 19.6 Å². The Hall–Kier alpha value is -7.50. The number of carbonyl (C=O) groups excluding carboxylic acids is 3. The molecule has 8 rings (SSSR count). The summed E-state index contributed by atoms with van der Waals surface area (Å²) >= 11 is 19.7. The Bertz CT molecular complexity index is 3140. The van der Waals surface area contributed by atoms with Crippen LogP contribution in [0.2, 0.25) is 15.1 Å². The summed E-state index contributed by atoms with van der Waals surface area (Å²) in [5, 5.41) is 15.3. The molecule has 0 fully saturated rings. The molecule has 2 unspecified atom stereocenters. The zero-order valence-electron chi connectivity index (χ0n) is 41.1. The van der Waals surface area contributed by atoms with Gasteiger partial charge in [-0.05, 0) is 47.5 Å². The summed E-state index contributed by atoms with van der Waals surface area (Å²) in [5.74, 6) is 0.499. The average Bonchev–Trinajstić information content (AvgIpc) is 3.42. The molecule has 2 atom stereocenters. The van der Waals surface area contributed by atoms with Crippen LogP contribution in [0.5, 0.6) is 11.5 Å². The van der Waals surface area contributed by atoms with Crippen LogP contribution in [-0.2, 0) is 14.4 Å². The van der Waals surface area contributed by atoms with Crippen LogP contribution in [-0.4, -0.2) is 42.8 Å². The number of nitrogens with one attached hydrogen (secondary N) is 1. The van der Waals surface area contributed by atoms with E-state index in [0.29, 0.717) is 66.3 Å². The second-order valence-corrected chi connectivity index (χ2v) is 16.5. The number of ether oxygens (including phenoxy) is 2. The van der Waals surface area contributed by atoms with Crippen molar-refractivity contribution >= 4 is 86.1 Å². The SMILES string of the molecule is CC.CCC.CCC(=O)Oc1c(C(Nc2cnccn2)c2cccc(C#N)c2Cl)ccc2cccnc12.CCC(=O)Oc1c(C(c2cccc(Cl)c2Cl)N(C(=O)CC)c2ccccn2)ccc2cccnc12. The lowest BCUT2D eigenvalue weighted by atomic mass is 9.94. The fraction of sp³-hybridized carbons (Fsp3) is 0.232. The number of nitrogens with zero attached hydrogens (tertiary/aromatic N) is 7. The van der Waals surface area contributed by atoms with Crippen LogP contribution in [0.3, 0.4) is 0 Å². The summed E-state index contributed by atoms with van der Waals surface area (Å²) in [6, 6.07) is 31.3. The van der Waals surface area contributed by atoms with Crippen LogP contribution >= 0.6 is 34.8 Å². The van der Waals surface area contributed by atoms with Crippen molar-refractivity contribution < 1.29 is 23.9 Å². The van der Waals surface area contributed by atoms with Gasteiger partial charge in [0.05, 0.1) is 38.9 Å². The van der Waals surface area contributed by atoms with Crippen molar-refractivity contribution in [3.8, 4) is 17.6 Å². The fourth-order valence-corrected chi connectivity index (χ4v) is 7.94. The van der Waals surface area contributed by atoms with E-state index in [0.717, 1.165) is 10.8 Å². The monoisotopic (exact) mass is 1020 g/mol. The first-order valence-electron chi connectivity index (χ1n) is 23.5. The number of carbonyl (C=O) groups is 3. The molecule has 13 nitrogen and oxygen atoms in total. The molecule has 8 aromatic rings. The summed E-state index contributed by atoms with van der Waals surface area (Å²) in [6.07, 6.45) is 11.4. The summed E-state index contributed by atoms with van der Waals surface area (Å²) in [6.45, 7) is 13.5. The number of pyridine rings is 3. The molecule has 1 amide bonds. The van der Waals surface area contributed by atoms with Crippen molar-refractivity contribution in [2.24, 2.45) is 0 Å². The molecule has 0 spiro atoms. The van der Waals surface area contributed by atoms with E-state index in [4.69, 9.17) is 44.3 Å². The molecule has 1 N–H and O–H groups in total. The molecule has 4 heterocycles. The highest BCUT2D eigenvalue weighted by atomic mass is 35.5. The second kappa shape index (κ2) is 27.8. The maximum atomic E-state index is 13.4. The van der Waals surface area contributed by atoms with Crippen molar-refractivity contribution in [2.45, 2.75) is 86.2 Å². The first-order chi connectivity index (χ1) is 35.0. The Morgan fingerprint density at radius 2 is 1.19 bits per heavy atom. The van der Waals surface area contributed by atoms with Gasteiger partial charge in [-0.3, -0.25) is 34.2 Å². The number of esters is 2. The van der Waals surface area contributed by atoms with Crippen LogP contribution < -0.4 is 19.7 Å². The number of anilines is 2. The van der Waals surface area contributed by atoms with Gasteiger partial charge in [-0.1, -0.05) is 156 Å². The molecule has 16 heteroatoms. The topological polar surface area (TPSA) is 173 Å². The minimum atomic E-state index is -0.797. The Kier molecular flexibility index (Phi) is 21.4. The van der Waals surface area contributed by atoms with Crippen LogP contribution in [0.25, 0.3) is 21.8 Å². The van der Waals surface area contributed by atoms with E-state index >= 15 is 0 Å². The van der Waals surface area contributed by atoms with Crippen molar-refractivity contribution in [3.63, 3.8) is 0 Å². The Labute approximate surface area is 435 Å². The lowest BCUT2D eigenvalue weighted by Gasteiger charge is -2.33. The molecular weight excluding hydrogens is 971 g/mol. The Morgan fingerprint density at radius 3 is 1.75 bits per heavy atom. The third kappa shape index (κ3) is 13.5. The Morgan fingerprint density at radius 1 is 0.611 bits per heavy atom.